The predicted octanol–water partition coefficient (Wildman–Crippen LogP) is 2.56. The highest BCUT2D eigenvalue weighted by Gasteiger charge is 2.32. The van der Waals surface area contributed by atoms with E-state index in [2.05, 4.69) is 5.32 Å². The molecule has 1 aliphatic carbocycles. The average Bonchev–Trinajstić information content (AvgIpc) is 2.46. The van der Waals surface area contributed by atoms with Gasteiger partial charge in [0.05, 0.1) is 5.92 Å². The van der Waals surface area contributed by atoms with E-state index in [4.69, 9.17) is 9.84 Å². The molecule has 0 radical (unpaired) electrons. The molecule has 2 N–H and O–H groups in total. The Morgan fingerprint density at radius 1 is 1.20 bits per heavy atom. The Hall–Kier alpha value is -2.04. The number of aliphatic carboxylic acids is 1. The molecule has 0 spiro atoms. The van der Waals surface area contributed by atoms with Gasteiger partial charge in [0.25, 0.3) is 0 Å². The largest absolute Gasteiger partial charge is 0.481 e. The summed E-state index contributed by atoms with van der Waals surface area (Å²) in [6.45, 7) is 0.192. The number of nitrogens with one attached hydrogen (secondary N) is 1. The van der Waals surface area contributed by atoms with E-state index in [-0.39, 0.29) is 12.6 Å². The summed E-state index contributed by atoms with van der Waals surface area (Å²) in [6, 6.07) is 9.05. The first kappa shape index (κ1) is 14.4. The molecule has 0 bridgehead atoms. The molecule has 1 unspecified atom stereocenters. The molecular weight excluding hydrogens is 258 g/mol. The van der Waals surface area contributed by atoms with Crippen molar-refractivity contribution in [3.8, 4) is 0 Å². The van der Waals surface area contributed by atoms with E-state index in [9.17, 15) is 9.59 Å². The zero-order valence-electron chi connectivity index (χ0n) is 11.2. The predicted molar refractivity (Wildman–Crippen MR) is 73.1 cm³/mol. The number of hydrogen-bond acceptors (Lipinski definition) is 3. The van der Waals surface area contributed by atoms with Crippen molar-refractivity contribution in [2.24, 2.45) is 5.92 Å². The third-order valence-corrected chi connectivity index (χ3v) is 3.60. The van der Waals surface area contributed by atoms with Crippen LogP contribution in [-0.2, 0) is 16.1 Å². The molecule has 5 nitrogen and oxygen atoms in total. The number of carbonyl (C=O) groups excluding carboxylic acids is 1. The van der Waals surface area contributed by atoms with Crippen LogP contribution >= 0.6 is 0 Å². The molecule has 0 aliphatic heterocycles. The minimum absolute atomic E-state index is 0.192. The van der Waals surface area contributed by atoms with Crippen LogP contribution in [0.2, 0.25) is 0 Å². The minimum atomic E-state index is -0.849. The number of benzene rings is 1. The number of hydrogen-bond donors (Lipinski definition) is 2. The summed E-state index contributed by atoms with van der Waals surface area (Å²) in [7, 11) is 0. The van der Waals surface area contributed by atoms with Gasteiger partial charge in [-0.25, -0.2) is 4.79 Å². The first-order valence-corrected chi connectivity index (χ1v) is 6.87. The van der Waals surface area contributed by atoms with Crippen LogP contribution in [0.15, 0.2) is 30.3 Å². The smallest absolute Gasteiger partial charge is 0.407 e. The van der Waals surface area contributed by atoms with E-state index >= 15 is 0 Å². The molecule has 2 atom stereocenters. The summed E-state index contributed by atoms with van der Waals surface area (Å²) in [5.41, 5.74) is 0.904. The molecule has 5 heteroatoms. The van der Waals surface area contributed by atoms with Gasteiger partial charge in [-0.3, -0.25) is 4.79 Å². The maximum absolute atomic E-state index is 11.7. The van der Waals surface area contributed by atoms with Gasteiger partial charge < -0.3 is 15.2 Å². The van der Waals surface area contributed by atoms with E-state index in [0.717, 1.165) is 18.4 Å². The Labute approximate surface area is 117 Å². The van der Waals surface area contributed by atoms with E-state index in [0.29, 0.717) is 12.8 Å². The van der Waals surface area contributed by atoms with Crippen molar-refractivity contribution in [3.63, 3.8) is 0 Å². The van der Waals surface area contributed by atoms with Crippen LogP contribution in [0.1, 0.15) is 31.2 Å². The van der Waals surface area contributed by atoms with Crippen LogP contribution in [0, 0.1) is 5.92 Å². The van der Waals surface area contributed by atoms with Gasteiger partial charge in [0.15, 0.2) is 0 Å². The molecule has 0 saturated heterocycles. The van der Waals surface area contributed by atoms with Crippen molar-refractivity contribution in [3.05, 3.63) is 35.9 Å². The fourth-order valence-corrected chi connectivity index (χ4v) is 2.52. The van der Waals surface area contributed by atoms with E-state index < -0.39 is 18.0 Å². The molecular formula is C15H19NO4. The van der Waals surface area contributed by atoms with Gasteiger partial charge in [-0.15, -0.1) is 0 Å². The number of amides is 1. The van der Waals surface area contributed by atoms with Gasteiger partial charge >= 0.3 is 12.1 Å². The van der Waals surface area contributed by atoms with Gasteiger partial charge in [-0.2, -0.15) is 0 Å². The summed E-state index contributed by atoms with van der Waals surface area (Å²) in [4.78, 5) is 22.9. The lowest BCUT2D eigenvalue weighted by Gasteiger charge is -2.28. The third kappa shape index (κ3) is 3.98. The summed E-state index contributed by atoms with van der Waals surface area (Å²) in [5.74, 6) is -1.36. The first-order valence-electron chi connectivity index (χ1n) is 6.87. The topological polar surface area (TPSA) is 75.6 Å². The van der Waals surface area contributed by atoms with Crippen LogP contribution in [-0.4, -0.2) is 23.2 Å². The van der Waals surface area contributed by atoms with Gasteiger partial charge in [-0.05, 0) is 18.4 Å². The molecule has 0 heterocycles. The standard InChI is InChI=1S/C15H19NO4/c17-14(18)12-8-4-5-9-13(12)16-15(19)20-10-11-6-2-1-3-7-11/h1-3,6-7,12-13H,4-5,8-10H2,(H,16,19)(H,17,18)/t12?,13-/m1/s1. The van der Waals surface area contributed by atoms with Crippen LogP contribution in [0.3, 0.4) is 0 Å². The van der Waals surface area contributed by atoms with Crippen molar-refractivity contribution < 1.29 is 19.4 Å². The normalized spacial score (nSPS) is 22.0. The van der Waals surface area contributed by atoms with Crippen molar-refractivity contribution in [2.75, 3.05) is 0 Å². The van der Waals surface area contributed by atoms with E-state index in [1.807, 2.05) is 30.3 Å². The van der Waals surface area contributed by atoms with E-state index in [1.165, 1.54) is 0 Å². The Morgan fingerprint density at radius 2 is 1.90 bits per heavy atom. The van der Waals surface area contributed by atoms with Gasteiger partial charge in [0.2, 0.25) is 0 Å². The molecule has 1 aliphatic rings. The lowest BCUT2D eigenvalue weighted by molar-refractivity contribution is -0.143. The molecule has 108 valence electrons. The number of rotatable bonds is 4. The second-order valence-electron chi connectivity index (χ2n) is 5.04. The zero-order chi connectivity index (χ0) is 14.4. The highest BCUT2D eigenvalue weighted by atomic mass is 16.5. The van der Waals surface area contributed by atoms with Crippen molar-refractivity contribution >= 4 is 12.1 Å². The fraction of sp³-hybridized carbons (Fsp3) is 0.467. The molecule has 0 aromatic heterocycles. The first-order chi connectivity index (χ1) is 9.66. The van der Waals surface area contributed by atoms with Crippen molar-refractivity contribution in [1.29, 1.82) is 0 Å². The van der Waals surface area contributed by atoms with Crippen molar-refractivity contribution in [1.82, 2.24) is 5.32 Å². The van der Waals surface area contributed by atoms with Gasteiger partial charge in [-0.1, -0.05) is 43.2 Å². The third-order valence-electron chi connectivity index (χ3n) is 3.60. The number of carboxylic acids is 1. The fourth-order valence-electron chi connectivity index (χ4n) is 2.52. The molecule has 2 rings (SSSR count). The Balaban J connectivity index is 1.82. The van der Waals surface area contributed by atoms with E-state index in [1.54, 1.807) is 0 Å². The molecule has 1 saturated carbocycles. The second-order valence-corrected chi connectivity index (χ2v) is 5.04. The summed E-state index contributed by atoms with van der Waals surface area (Å²) >= 11 is 0. The highest BCUT2D eigenvalue weighted by molar-refractivity contribution is 5.73. The molecule has 1 aromatic carbocycles. The molecule has 20 heavy (non-hydrogen) atoms. The lowest BCUT2D eigenvalue weighted by Crippen LogP contribution is -2.45. The van der Waals surface area contributed by atoms with Gasteiger partial charge in [0.1, 0.15) is 6.61 Å². The molecule has 1 amide bonds. The summed E-state index contributed by atoms with van der Waals surface area (Å²) in [5, 5.41) is 11.8. The Kier molecular flexibility index (Phi) is 4.98. The maximum Gasteiger partial charge on any atom is 0.407 e. The van der Waals surface area contributed by atoms with Crippen molar-refractivity contribution in [2.45, 2.75) is 38.3 Å². The Bertz CT molecular complexity index is 460. The number of carboxylic acid groups (broad SMARTS) is 1. The monoisotopic (exact) mass is 277 g/mol. The number of alkyl carbamates (subject to hydrolysis) is 1. The van der Waals surface area contributed by atoms with Crippen LogP contribution in [0.4, 0.5) is 4.79 Å². The molecule has 1 aromatic rings. The van der Waals surface area contributed by atoms with Gasteiger partial charge in [0, 0.05) is 6.04 Å². The zero-order valence-corrected chi connectivity index (χ0v) is 11.2. The summed E-state index contributed by atoms with van der Waals surface area (Å²) in [6.07, 6.45) is 2.59. The van der Waals surface area contributed by atoms with Crippen LogP contribution in [0.25, 0.3) is 0 Å². The lowest BCUT2D eigenvalue weighted by atomic mass is 9.85. The maximum atomic E-state index is 11.7. The number of ether oxygens (including phenoxy) is 1. The minimum Gasteiger partial charge on any atom is -0.481 e. The van der Waals surface area contributed by atoms with Crippen LogP contribution in [0.5, 0.6) is 0 Å². The quantitative estimate of drug-likeness (QED) is 0.886. The highest BCUT2D eigenvalue weighted by Crippen LogP contribution is 2.24. The SMILES string of the molecule is O=C(N[C@@H]1CCCCC1C(=O)O)OCc1ccccc1. The number of carbonyl (C=O) groups is 2. The average molecular weight is 277 g/mol. The second kappa shape index (κ2) is 6.93. The Morgan fingerprint density at radius 3 is 2.60 bits per heavy atom. The molecule has 1 fully saturated rings. The van der Waals surface area contributed by atoms with Crippen LogP contribution < -0.4 is 5.32 Å². The summed E-state index contributed by atoms with van der Waals surface area (Å²) < 4.78 is 5.12.